The SMILES string of the molecule is CN(C)c1nccc(NC2CCN(c3nccs3)C2)n1. The first-order valence-corrected chi connectivity index (χ1v) is 7.51. The molecule has 0 aliphatic carbocycles. The van der Waals surface area contributed by atoms with Crippen molar-refractivity contribution >= 4 is 28.2 Å². The van der Waals surface area contributed by atoms with Gasteiger partial charge in [0.05, 0.1) is 0 Å². The maximum Gasteiger partial charge on any atom is 0.226 e. The van der Waals surface area contributed by atoms with Gasteiger partial charge in [-0.15, -0.1) is 11.3 Å². The van der Waals surface area contributed by atoms with Gasteiger partial charge in [-0.05, 0) is 12.5 Å². The molecule has 0 saturated carbocycles. The average Bonchev–Trinajstić information content (AvgIpc) is 3.09. The topological polar surface area (TPSA) is 57.2 Å². The number of hydrogen-bond acceptors (Lipinski definition) is 7. The van der Waals surface area contributed by atoms with Crippen molar-refractivity contribution in [2.24, 2.45) is 0 Å². The molecule has 3 heterocycles. The van der Waals surface area contributed by atoms with Crippen LogP contribution in [0.1, 0.15) is 6.42 Å². The monoisotopic (exact) mass is 290 g/mol. The number of aromatic nitrogens is 3. The van der Waals surface area contributed by atoms with Crippen LogP contribution in [0.2, 0.25) is 0 Å². The van der Waals surface area contributed by atoms with Gasteiger partial charge in [0, 0.05) is 51.0 Å². The quantitative estimate of drug-likeness (QED) is 0.925. The Morgan fingerprint density at radius 1 is 1.35 bits per heavy atom. The van der Waals surface area contributed by atoms with Crippen LogP contribution in [-0.2, 0) is 0 Å². The first-order valence-electron chi connectivity index (χ1n) is 6.64. The summed E-state index contributed by atoms with van der Waals surface area (Å²) in [6.07, 6.45) is 4.74. The third-order valence-electron chi connectivity index (χ3n) is 3.27. The zero-order chi connectivity index (χ0) is 13.9. The van der Waals surface area contributed by atoms with E-state index < -0.39 is 0 Å². The van der Waals surface area contributed by atoms with Crippen molar-refractivity contribution in [3.63, 3.8) is 0 Å². The van der Waals surface area contributed by atoms with Crippen LogP contribution in [0.5, 0.6) is 0 Å². The van der Waals surface area contributed by atoms with E-state index in [9.17, 15) is 0 Å². The molecule has 2 aromatic rings. The smallest absolute Gasteiger partial charge is 0.226 e. The minimum Gasteiger partial charge on any atom is -0.365 e. The van der Waals surface area contributed by atoms with E-state index >= 15 is 0 Å². The summed E-state index contributed by atoms with van der Waals surface area (Å²) in [5.74, 6) is 1.61. The van der Waals surface area contributed by atoms with Crippen LogP contribution < -0.4 is 15.1 Å². The standard InChI is InChI=1S/C13H18N6S/c1-18(2)12-14-5-3-11(17-12)16-10-4-7-19(9-10)13-15-6-8-20-13/h3,5-6,8,10H,4,7,9H2,1-2H3,(H,14,16,17). The summed E-state index contributed by atoms with van der Waals surface area (Å²) in [5.41, 5.74) is 0. The number of nitrogens with one attached hydrogen (secondary N) is 1. The maximum absolute atomic E-state index is 4.50. The van der Waals surface area contributed by atoms with Crippen LogP contribution in [-0.4, -0.2) is 48.2 Å². The summed E-state index contributed by atoms with van der Waals surface area (Å²) in [6, 6.07) is 2.32. The zero-order valence-electron chi connectivity index (χ0n) is 11.7. The molecule has 6 nitrogen and oxygen atoms in total. The van der Waals surface area contributed by atoms with E-state index in [0.717, 1.165) is 36.4 Å². The summed E-state index contributed by atoms with van der Waals surface area (Å²) in [5, 5.41) is 6.61. The normalized spacial score (nSPS) is 18.3. The van der Waals surface area contributed by atoms with Crippen molar-refractivity contribution < 1.29 is 0 Å². The molecule has 0 amide bonds. The van der Waals surface area contributed by atoms with E-state index in [0.29, 0.717) is 6.04 Å². The van der Waals surface area contributed by atoms with Crippen LogP contribution in [0, 0.1) is 0 Å². The summed E-state index contributed by atoms with van der Waals surface area (Å²) >= 11 is 1.69. The van der Waals surface area contributed by atoms with Gasteiger partial charge in [0.1, 0.15) is 5.82 Å². The lowest BCUT2D eigenvalue weighted by molar-refractivity contribution is 0.798. The molecule has 0 spiro atoms. The second-order valence-corrected chi connectivity index (χ2v) is 5.90. The lowest BCUT2D eigenvalue weighted by Gasteiger charge is -2.17. The highest BCUT2D eigenvalue weighted by atomic mass is 32.1. The fraction of sp³-hybridized carbons (Fsp3) is 0.462. The minimum absolute atomic E-state index is 0.406. The first-order chi connectivity index (χ1) is 9.72. The predicted molar refractivity (Wildman–Crippen MR) is 82.7 cm³/mol. The molecule has 7 heteroatoms. The van der Waals surface area contributed by atoms with Gasteiger partial charge < -0.3 is 15.1 Å². The van der Waals surface area contributed by atoms with Crippen LogP contribution in [0.15, 0.2) is 23.8 Å². The molecule has 1 fully saturated rings. The Kier molecular flexibility index (Phi) is 3.68. The molecule has 1 aliphatic heterocycles. The van der Waals surface area contributed by atoms with E-state index in [1.807, 2.05) is 36.6 Å². The van der Waals surface area contributed by atoms with Gasteiger partial charge >= 0.3 is 0 Å². The maximum atomic E-state index is 4.50. The van der Waals surface area contributed by atoms with Gasteiger partial charge in [0.15, 0.2) is 5.13 Å². The molecule has 1 saturated heterocycles. The highest BCUT2D eigenvalue weighted by molar-refractivity contribution is 7.13. The average molecular weight is 290 g/mol. The zero-order valence-corrected chi connectivity index (χ0v) is 12.5. The van der Waals surface area contributed by atoms with Crippen molar-refractivity contribution in [2.75, 3.05) is 42.3 Å². The largest absolute Gasteiger partial charge is 0.365 e. The number of thiazole rings is 1. The summed E-state index contributed by atoms with van der Waals surface area (Å²) in [6.45, 7) is 2.01. The third-order valence-corrected chi connectivity index (χ3v) is 4.11. The second-order valence-electron chi connectivity index (χ2n) is 5.03. The Balaban J connectivity index is 1.63. The number of hydrogen-bond donors (Lipinski definition) is 1. The van der Waals surface area contributed by atoms with Crippen LogP contribution in [0.3, 0.4) is 0 Å². The Hall–Kier alpha value is -1.89. The summed E-state index contributed by atoms with van der Waals surface area (Å²) in [7, 11) is 3.89. The third kappa shape index (κ3) is 2.82. The van der Waals surface area contributed by atoms with Gasteiger partial charge in [0.2, 0.25) is 5.95 Å². The molecular formula is C13H18N6S. The molecule has 20 heavy (non-hydrogen) atoms. The lowest BCUT2D eigenvalue weighted by atomic mass is 10.2. The molecule has 1 unspecified atom stereocenters. The molecular weight excluding hydrogens is 272 g/mol. The number of nitrogens with zero attached hydrogens (tertiary/aromatic N) is 5. The minimum atomic E-state index is 0.406. The van der Waals surface area contributed by atoms with Gasteiger partial charge in [-0.25, -0.2) is 9.97 Å². The van der Waals surface area contributed by atoms with Crippen molar-refractivity contribution in [1.82, 2.24) is 15.0 Å². The van der Waals surface area contributed by atoms with Crippen molar-refractivity contribution in [3.8, 4) is 0 Å². The molecule has 0 bridgehead atoms. The Morgan fingerprint density at radius 2 is 2.25 bits per heavy atom. The highest BCUT2D eigenvalue weighted by Crippen LogP contribution is 2.23. The van der Waals surface area contributed by atoms with E-state index in [1.54, 1.807) is 17.5 Å². The Bertz CT molecular complexity index is 556. The molecule has 106 valence electrons. The number of anilines is 3. The predicted octanol–water partition coefficient (Wildman–Crippen LogP) is 1.69. The van der Waals surface area contributed by atoms with Crippen molar-refractivity contribution in [2.45, 2.75) is 12.5 Å². The van der Waals surface area contributed by atoms with Crippen molar-refractivity contribution in [3.05, 3.63) is 23.8 Å². The van der Waals surface area contributed by atoms with Crippen LogP contribution in [0.4, 0.5) is 16.9 Å². The van der Waals surface area contributed by atoms with Gasteiger partial charge in [-0.3, -0.25) is 0 Å². The van der Waals surface area contributed by atoms with Crippen LogP contribution >= 0.6 is 11.3 Å². The van der Waals surface area contributed by atoms with Gasteiger partial charge in [-0.1, -0.05) is 0 Å². The van der Waals surface area contributed by atoms with E-state index in [1.165, 1.54) is 0 Å². The molecule has 2 aromatic heterocycles. The molecule has 0 radical (unpaired) electrons. The fourth-order valence-electron chi connectivity index (χ4n) is 2.28. The Morgan fingerprint density at radius 3 is 3.00 bits per heavy atom. The summed E-state index contributed by atoms with van der Waals surface area (Å²) < 4.78 is 0. The van der Waals surface area contributed by atoms with Gasteiger partial charge in [0.25, 0.3) is 0 Å². The molecule has 1 atom stereocenters. The highest BCUT2D eigenvalue weighted by Gasteiger charge is 2.24. The van der Waals surface area contributed by atoms with Crippen LogP contribution in [0.25, 0.3) is 0 Å². The fourth-order valence-corrected chi connectivity index (χ4v) is 2.96. The second kappa shape index (κ2) is 5.62. The lowest BCUT2D eigenvalue weighted by Crippen LogP contribution is -2.26. The van der Waals surface area contributed by atoms with E-state index in [2.05, 4.69) is 25.2 Å². The van der Waals surface area contributed by atoms with E-state index in [4.69, 9.17) is 0 Å². The van der Waals surface area contributed by atoms with Gasteiger partial charge in [-0.2, -0.15) is 4.98 Å². The van der Waals surface area contributed by atoms with E-state index in [-0.39, 0.29) is 0 Å². The number of rotatable bonds is 4. The Labute approximate surface area is 122 Å². The molecule has 0 aromatic carbocycles. The summed E-state index contributed by atoms with van der Waals surface area (Å²) in [4.78, 5) is 17.3. The first kappa shape index (κ1) is 13.1. The molecule has 3 rings (SSSR count). The van der Waals surface area contributed by atoms with Crippen molar-refractivity contribution in [1.29, 1.82) is 0 Å². The molecule has 1 N–H and O–H groups in total. The molecule has 1 aliphatic rings.